The molecule has 3 aromatic rings. The Labute approximate surface area is 205 Å². The molecule has 2 aromatic carbocycles. The predicted molar refractivity (Wildman–Crippen MR) is 139 cm³/mol. The lowest BCUT2D eigenvalue weighted by atomic mass is 10.1. The molecule has 0 saturated carbocycles. The van der Waals surface area contributed by atoms with Crippen LogP contribution in [0.2, 0.25) is 0 Å². The third kappa shape index (κ3) is 7.48. The molecule has 0 aliphatic carbocycles. The number of nitrogens with zero attached hydrogens (tertiary/aromatic N) is 3. The number of rotatable bonds is 9. The number of phenolic OH excluding ortho intramolecular Hbond substituents is 1. The molecular formula is C29H29N3O3. The van der Waals surface area contributed by atoms with E-state index in [9.17, 15) is 14.7 Å². The van der Waals surface area contributed by atoms with Crippen molar-refractivity contribution in [2.45, 2.75) is 13.0 Å². The Kier molecular flexibility index (Phi) is 8.20. The Bertz CT molecular complexity index is 1180. The van der Waals surface area contributed by atoms with Gasteiger partial charge in [-0.3, -0.25) is 14.5 Å². The van der Waals surface area contributed by atoms with Gasteiger partial charge in [0.25, 0.3) is 0 Å². The summed E-state index contributed by atoms with van der Waals surface area (Å²) in [7, 11) is 0. The number of aromatic nitrogens is 1. The highest BCUT2D eigenvalue weighted by molar-refractivity contribution is 6.10. The summed E-state index contributed by atoms with van der Waals surface area (Å²) >= 11 is 0. The van der Waals surface area contributed by atoms with Gasteiger partial charge in [0.2, 0.25) is 0 Å². The third-order valence-corrected chi connectivity index (χ3v) is 5.88. The lowest BCUT2D eigenvalue weighted by Crippen LogP contribution is -2.46. The Hall–Kier alpha value is -4.03. The Morgan fingerprint density at radius 1 is 0.800 bits per heavy atom. The molecule has 1 aliphatic rings. The van der Waals surface area contributed by atoms with Gasteiger partial charge in [0.05, 0.1) is 6.42 Å². The minimum atomic E-state index is -0.271. The van der Waals surface area contributed by atoms with E-state index in [0.29, 0.717) is 0 Å². The van der Waals surface area contributed by atoms with Crippen LogP contribution in [0.25, 0.3) is 12.2 Å². The summed E-state index contributed by atoms with van der Waals surface area (Å²) in [4.78, 5) is 33.5. The van der Waals surface area contributed by atoms with E-state index in [1.54, 1.807) is 42.6 Å². The highest BCUT2D eigenvalue weighted by Gasteiger charge is 2.18. The minimum absolute atomic E-state index is 0.165. The van der Waals surface area contributed by atoms with Crippen LogP contribution < -0.4 is 4.90 Å². The Morgan fingerprint density at radius 3 is 2.06 bits per heavy atom. The molecule has 1 aromatic heterocycles. The maximum absolute atomic E-state index is 12.2. The van der Waals surface area contributed by atoms with E-state index in [-0.39, 0.29) is 23.7 Å². The number of piperazine rings is 1. The molecule has 1 N–H and O–H groups in total. The molecular weight excluding hydrogens is 438 g/mol. The molecule has 0 unspecified atom stereocenters. The standard InChI is InChI=1S/C29H29N3O3/c33-26-11-6-23(7-12-26)8-13-27(34)20-28(35)14-9-24-10-15-29(30-21-24)32-18-16-31(17-19-32)22-25-4-2-1-3-5-25/h1-15,21,33H,16-20,22H2. The normalized spacial score (nSPS) is 14.6. The van der Waals surface area contributed by atoms with Crippen molar-refractivity contribution in [2.24, 2.45) is 0 Å². The highest BCUT2D eigenvalue weighted by Crippen LogP contribution is 2.16. The van der Waals surface area contributed by atoms with Gasteiger partial charge < -0.3 is 10.0 Å². The van der Waals surface area contributed by atoms with E-state index in [2.05, 4.69) is 39.0 Å². The molecule has 0 amide bonds. The first-order valence-electron chi connectivity index (χ1n) is 11.7. The number of ketones is 2. The van der Waals surface area contributed by atoms with Gasteiger partial charge in [-0.25, -0.2) is 4.98 Å². The number of benzene rings is 2. The van der Waals surface area contributed by atoms with Crippen LogP contribution in [-0.2, 0) is 16.1 Å². The number of pyridine rings is 1. The van der Waals surface area contributed by atoms with E-state index < -0.39 is 0 Å². The molecule has 35 heavy (non-hydrogen) atoms. The van der Waals surface area contributed by atoms with Gasteiger partial charge in [0.1, 0.15) is 11.6 Å². The molecule has 0 radical (unpaired) electrons. The quantitative estimate of drug-likeness (QED) is 0.372. The van der Waals surface area contributed by atoms with E-state index in [1.165, 1.54) is 17.7 Å². The number of carbonyl (C=O) groups is 2. The minimum Gasteiger partial charge on any atom is -0.508 e. The van der Waals surface area contributed by atoms with Crippen molar-refractivity contribution in [1.29, 1.82) is 0 Å². The van der Waals surface area contributed by atoms with Gasteiger partial charge in [-0.2, -0.15) is 0 Å². The third-order valence-electron chi connectivity index (χ3n) is 5.88. The first-order valence-corrected chi connectivity index (χ1v) is 11.7. The van der Waals surface area contributed by atoms with Crippen molar-refractivity contribution in [3.63, 3.8) is 0 Å². The number of phenols is 1. The Balaban J connectivity index is 1.22. The molecule has 1 saturated heterocycles. The molecule has 0 bridgehead atoms. The second-order valence-electron chi connectivity index (χ2n) is 8.57. The molecule has 0 atom stereocenters. The largest absolute Gasteiger partial charge is 0.508 e. The van der Waals surface area contributed by atoms with E-state index in [1.807, 2.05) is 18.2 Å². The highest BCUT2D eigenvalue weighted by atomic mass is 16.3. The number of aromatic hydroxyl groups is 1. The molecule has 1 aliphatic heterocycles. The van der Waals surface area contributed by atoms with Crippen LogP contribution in [0.5, 0.6) is 5.75 Å². The summed E-state index contributed by atoms with van der Waals surface area (Å²) in [6, 6.07) is 20.9. The zero-order chi connectivity index (χ0) is 24.5. The fourth-order valence-corrected chi connectivity index (χ4v) is 3.91. The van der Waals surface area contributed by atoms with Crippen molar-refractivity contribution in [1.82, 2.24) is 9.88 Å². The molecule has 6 heteroatoms. The van der Waals surface area contributed by atoms with E-state index >= 15 is 0 Å². The van der Waals surface area contributed by atoms with Crippen LogP contribution in [0.15, 0.2) is 85.1 Å². The predicted octanol–water partition coefficient (Wildman–Crippen LogP) is 4.36. The summed E-state index contributed by atoms with van der Waals surface area (Å²) < 4.78 is 0. The topological polar surface area (TPSA) is 73.7 Å². The van der Waals surface area contributed by atoms with Crippen molar-refractivity contribution in [2.75, 3.05) is 31.1 Å². The van der Waals surface area contributed by atoms with Crippen molar-refractivity contribution < 1.29 is 14.7 Å². The molecule has 1 fully saturated rings. The van der Waals surface area contributed by atoms with Gasteiger partial charge >= 0.3 is 0 Å². The second kappa shape index (κ2) is 11.9. The zero-order valence-electron chi connectivity index (χ0n) is 19.6. The molecule has 4 rings (SSSR count). The van der Waals surface area contributed by atoms with Crippen LogP contribution in [0.4, 0.5) is 5.82 Å². The van der Waals surface area contributed by atoms with E-state index in [4.69, 9.17) is 0 Å². The fraction of sp³-hybridized carbons (Fsp3) is 0.207. The number of allylic oxidation sites excluding steroid dienone is 2. The summed E-state index contributed by atoms with van der Waals surface area (Å²) in [5, 5.41) is 9.29. The van der Waals surface area contributed by atoms with Gasteiger partial charge in [-0.05, 0) is 59.2 Å². The van der Waals surface area contributed by atoms with E-state index in [0.717, 1.165) is 49.7 Å². The van der Waals surface area contributed by atoms with Crippen LogP contribution in [-0.4, -0.2) is 52.7 Å². The SMILES string of the molecule is O=C(C=Cc1ccc(O)cc1)CC(=O)C=Cc1ccc(N2CCN(Cc3ccccc3)CC2)nc1. The lowest BCUT2D eigenvalue weighted by molar-refractivity contribution is -0.121. The molecule has 6 nitrogen and oxygen atoms in total. The maximum atomic E-state index is 12.2. The van der Waals surface area contributed by atoms with Gasteiger partial charge in [0.15, 0.2) is 11.6 Å². The molecule has 2 heterocycles. The monoisotopic (exact) mass is 467 g/mol. The summed E-state index contributed by atoms with van der Waals surface area (Å²) in [5.74, 6) is 0.566. The average Bonchev–Trinajstić information content (AvgIpc) is 2.89. The number of anilines is 1. The fourth-order valence-electron chi connectivity index (χ4n) is 3.91. The summed E-state index contributed by atoms with van der Waals surface area (Å²) in [6.07, 6.45) is 7.68. The lowest BCUT2D eigenvalue weighted by Gasteiger charge is -2.35. The van der Waals surface area contributed by atoms with Crippen LogP contribution >= 0.6 is 0 Å². The maximum Gasteiger partial charge on any atom is 0.163 e. The average molecular weight is 468 g/mol. The smallest absolute Gasteiger partial charge is 0.163 e. The van der Waals surface area contributed by atoms with Crippen LogP contribution in [0.1, 0.15) is 23.1 Å². The number of hydrogen-bond acceptors (Lipinski definition) is 6. The summed E-state index contributed by atoms with van der Waals surface area (Å²) in [5.41, 5.74) is 2.93. The second-order valence-corrected chi connectivity index (χ2v) is 8.57. The Morgan fingerprint density at radius 2 is 1.43 bits per heavy atom. The molecule has 0 spiro atoms. The van der Waals surface area contributed by atoms with Gasteiger partial charge in [-0.1, -0.05) is 48.5 Å². The number of hydrogen-bond donors (Lipinski definition) is 1. The van der Waals surface area contributed by atoms with Gasteiger partial charge in [0, 0.05) is 38.9 Å². The zero-order valence-corrected chi connectivity index (χ0v) is 19.6. The first kappa shape index (κ1) is 24.1. The first-order chi connectivity index (χ1) is 17.0. The van der Waals surface area contributed by atoms with Crippen molar-refractivity contribution in [3.8, 4) is 5.75 Å². The van der Waals surface area contributed by atoms with Crippen LogP contribution in [0, 0.1) is 0 Å². The van der Waals surface area contributed by atoms with Crippen molar-refractivity contribution >= 4 is 29.5 Å². The van der Waals surface area contributed by atoms with Gasteiger partial charge in [-0.15, -0.1) is 0 Å². The van der Waals surface area contributed by atoms with Crippen LogP contribution in [0.3, 0.4) is 0 Å². The number of carbonyl (C=O) groups excluding carboxylic acids is 2. The summed E-state index contributed by atoms with van der Waals surface area (Å²) in [6.45, 7) is 4.79. The molecule has 178 valence electrons. The van der Waals surface area contributed by atoms with Crippen molar-refractivity contribution in [3.05, 3.63) is 102 Å².